The number of methoxy groups -OCH3 is 1. The van der Waals surface area contributed by atoms with Gasteiger partial charge in [-0.1, -0.05) is 64.1 Å². The summed E-state index contributed by atoms with van der Waals surface area (Å²) in [6, 6.07) is 17.3. The average Bonchev–Trinajstić information content (AvgIpc) is 2.52. The van der Waals surface area contributed by atoms with Gasteiger partial charge in [-0.2, -0.15) is 0 Å². The van der Waals surface area contributed by atoms with Crippen molar-refractivity contribution in [2.45, 2.75) is 40.0 Å². The first-order chi connectivity index (χ1) is 10.5. The molecule has 0 amide bonds. The Bertz CT molecular complexity index is 564. The van der Waals surface area contributed by atoms with Crippen LogP contribution in [0.3, 0.4) is 0 Å². The Morgan fingerprint density at radius 2 is 1.27 bits per heavy atom. The predicted octanol–water partition coefficient (Wildman–Crippen LogP) is 6.15. The van der Waals surface area contributed by atoms with Crippen LogP contribution in [0.4, 0.5) is 0 Å². The summed E-state index contributed by atoms with van der Waals surface area (Å²) in [5.74, 6) is 2.95. The summed E-state index contributed by atoms with van der Waals surface area (Å²) in [7, 11) is 1.70. The van der Waals surface area contributed by atoms with E-state index in [2.05, 4.69) is 64.1 Å². The molecule has 2 aromatic rings. The van der Waals surface area contributed by atoms with Crippen molar-refractivity contribution >= 4 is 0 Å². The number of rotatable bonds is 6. The van der Waals surface area contributed by atoms with Crippen molar-refractivity contribution in [3.05, 3.63) is 54.1 Å². The second-order valence-corrected chi connectivity index (χ2v) is 6.83. The molecule has 0 fully saturated rings. The van der Waals surface area contributed by atoms with Gasteiger partial charge in [-0.3, -0.25) is 0 Å². The van der Waals surface area contributed by atoms with Gasteiger partial charge in [0.05, 0.1) is 7.11 Å². The molecule has 0 bridgehead atoms. The molecule has 1 nitrogen and oxygen atoms in total. The Balaban J connectivity index is 2.20. The fraction of sp³-hybridized carbons (Fsp3) is 0.429. The minimum absolute atomic E-state index is 0.643. The molecule has 2 rings (SSSR count). The first-order valence-corrected chi connectivity index (χ1v) is 8.25. The van der Waals surface area contributed by atoms with Crippen molar-refractivity contribution in [1.82, 2.24) is 0 Å². The zero-order valence-corrected chi connectivity index (χ0v) is 14.5. The van der Waals surface area contributed by atoms with Crippen LogP contribution in [0.1, 0.15) is 45.6 Å². The van der Waals surface area contributed by atoms with Gasteiger partial charge in [0.15, 0.2) is 0 Å². The average molecular weight is 296 g/mol. The lowest BCUT2D eigenvalue weighted by Gasteiger charge is -2.23. The van der Waals surface area contributed by atoms with Crippen molar-refractivity contribution in [3.8, 4) is 16.9 Å². The normalized spacial score (nSPS) is 12.7. The topological polar surface area (TPSA) is 9.23 Å². The van der Waals surface area contributed by atoms with Crippen LogP contribution < -0.4 is 4.74 Å². The maximum absolute atomic E-state index is 5.22. The molecule has 0 aliphatic heterocycles. The van der Waals surface area contributed by atoms with Crippen molar-refractivity contribution in [3.63, 3.8) is 0 Å². The third-order valence-electron chi connectivity index (χ3n) is 4.29. The SMILES string of the molecule is COc1ccc(-c2ccc([C@H](CC(C)C)C(C)C)cc2)cc1. The summed E-state index contributed by atoms with van der Waals surface area (Å²) in [5.41, 5.74) is 3.96. The van der Waals surface area contributed by atoms with Crippen molar-refractivity contribution in [2.75, 3.05) is 7.11 Å². The molecule has 118 valence electrons. The highest BCUT2D eigenvalue weighted by atomic mass is 16.5. The number of benzene rings is 2. The van der Waals surface area contributed by atoms with Gasteiger partial charge < -0.3 is 4.74 Å². The summed E-state index contributed by atoms with van der Waals surface area (Å²) in [6.07, 6.45) is 1.25. The second kappa shape index (κ2) is 7.49. The Labute approximate surface area is 135 Å². The summed E-state index contributed by atoms with van der Waals surface area (Å²) in [6.45, 7) is 9.26. The molecular formula is C21H28O. The van der Waals surface area contributed by atoms with Crippen LogP contribution in [-0.4, -0.2) is 7.11 Å². The van der Waals surface area contributed by atoms with Crippen LogP contribution in [0.2, 0.25) is 0 Å². The molecule has 22 heavy (non-hydrogen) atoms. The minimum Gasteiger partial charge on any atom is -0.497 e. The van der Waals surface area contributed by atoms with Gasteiger partial charge in [-0.25, -0.2) is 0 Å². The summed E-state index contributed by atoms with van der Waals surface area (Å²) >= 11 is 0. The van der Waals surface area contributed by atoms with Gasteiger partial charge >= 0.3 is 0 Å². The van der Waals surface area contributed by atoms with E-state index in [4.69, 9.17) is 4.74 Å². The largest absolute Gasteiger partial charge is 0.497 e. The fourth-order valence-electron chi connectivity index (χ4n) is 3.01. The number of hydrogen-bond acceptors (Lipinski definition) is 1. The summed E-state index contributed by atoms with van der Waals surface area (Å²) in [4.78, 5) is 0. The zero-order chi connectivity index (χ0) is 16.1. The van der Waals surface area contributed by atoms with E-state index in [9.17, 15) is 0 Å². The van der Waals surface area contributed by atoms with Crippen molar-refractivity contribution < 1.29 is 4.74 Å². The molecular weight excluding hydrogens is 268 g/mol. The maximum atomic E-state index is 5.22. The standard InChI is InChI=1S/C21H28O/c1-15(2)14-21(16(3)4)19-8-6-17(7-9-19)18-10-12-20(22-5)13-11-18/h6-13,15-16,21H,14H2,1-5H3/t21-/m1/s1. The Morgan fingerprint density at radius 3 is 1.68 bits per heavy atom. The molecule has 1 atom stereocenters. The predicted molar refractivity (Wildman–Crippen MR) is 95.5 cm³/mol. The summed E-state index contributed by atoms with van der Waals surface area (Å²) < 4.78 is 5.22. The van der Waals surface area contributed by atoms with E-state index >= 15 is 0 Å². The zero-order valence-electron chi connectivity index (χ0n) is 14.5. The van der Waals surface area contributed by atoms with E-state index < -0.39 is 0 Å². The molecule has 0 aliphatic rings. The fourth-order valence-corrected chi connectivity index (χ4v) is 3.01. The van der Waals surface area contributed by atoms with Gasteiger partial charge in [0.1, 0.15) is 5.75 Å². The molecule has 1 heteroatoms. The van der Waals surface area contributed by atoms with E-state index in [0.717, 1.165) is 11.7 Å². The first kappa shape index (κ1) is 16.6. The van der Waals surface area contributed by atoms with Crippen LogP contribution in [0, 0.1) is 11.8 Å². The third kappa shape index (κ3) is 4.13. The monoisotopic (exact) mass is 296 g/mol. The minimum atomic E-state index is 0.643. The molecule has 0 unspecified atom stereocenters. The van der Waals surface area contributed by atoms with Gasteiger partial charge in [0.25, 0.3) is 0 Å². The van der Waals surface area contributed by atoms with Crippen LogP contribution in [0.25, 0.3) is 11.1 Å². The number of ether oxygens (including phenoxy) is 1. The van der Waals surface area contributed by atoms with E-state index in [-0.39, 0.29) is 0 Å². The Morgan fingerprint density at radius 1 is 0.773 bits per heavy atom. The van der Waals surface area contributed by atoms with Gasteiger partial charge in [-0.05, 0) is 53.0 Å². The number of hydrogen-bond donors (Lipinski definition) is 0. The van der Waals surface area contributed by atoms with Crippen LogP contribution in [0.5, 0.6) is 5.75 Å². The van der Waals surface area contributed by atoms with E-state index in [0.29, 0.717) is 11.8 Å². The smallest absolute Gasteiger partial charge is 0.118 e. The molecule has 2 aromatic carbocycles. The Kier molecular flexibility index (Phi) is 5.65. The van der Waals surface area contributed by atoms with Crippen LogP contribution in [-0.2, 0) is 0 Å². The van der Waals surface area contributed by atoms with Crippen molar-refractivity contribution in [2.24, 2.45) is 11.8 Å². The van der Waals surface area contributed by atoms with Crippen LogP contribution in [0.15, 0.2) is 48.5 Å². The van der Waals surface area contributed by atoms with E-state index in [1.54, 1.807) is 7.11 Å². The maximum Gasteiger partial charge on any atom is 0.118 e. The molecule has 0 spiro atoms. The highest BCUT2D eigenvalue weighted by molar-refractivity contribution is 5.64. The highest BCUT2D eigenvalue weighted by Crippen LogP contribution is 2.32. The van der Waals surface area contributed by atoms with Crippen molar-refractivity contribution in [1.29, 1.82) is 0 Å². The van der Waals surface area contributed by atoms with Gasteiger partial charge in [0.2, 0.25) is 0 Å². The van der Waals surface area contributed by atoms with Gasteiger partial charge in [-0.15, -0.1) is 0 Å². The van der Waals surface area contributed by atoms with Crippen LogP contribution >= 0.6 is 0 Å². The van der Waals surface area contributed by atoms with Gasteiger partial charge in [0, 0.05) is 0 Å². The molecule has 0 saturated heterocycles. The third-order valence-corrected chi connectivity index (χ3v) is 4.29. The molecule has 0 saturated carbocycles. The van der Waals surface area contributed by atoms with E-state index in [1.807, 2.05) is 12.1 Å². The Hall–Kier alpha value is -1.76. The second-order valence-electron chi connectivity index (χ2n) is 6.83. The molecule has 0 aromatic heterocycles. The lowest BCUT2D eigenvalue weighted by Crippen LogP contribution is -2.09. The summed E-state index contributed by atoms with van der Waals surface area (Å²) in [5, 5.41) is 0. The molecule has 0 heterocycles. The molecule has 0 aliphatic carbocycles. The highest BCUT2D eigenvalue weighted by Gasteiger charge is 2.17. The van der Waals surface area contributed by atoms with E-state index in [1.165, 1.54) is 23.1 Å². The molecule has 0 N–H and O–H groups in total. The first-order valence-electron chi connectivity index (χ1n) is 8.25. The lowest BCUT2D eigenvalue weighted by atomic mass is 9.82. The lowest BCUT2D eigenvalue weighted by molar-refractivity contribution is 0.408. The molecule has 0 radical (unpaired) electrons. The quantitative estimate of drug-likeness (QED) is 0.621.